The molecule has 0 N–H and O–H groups in total. The summed E-state index contributed by atoms with van der Waals surface area (Å²) < 4.78 is 4.79. The maximum absolute atomic E-state index is 11.7. The molecule has 0 aliphatic rings. The van der Waals surface area contributed by atoms with Crippen molar-refractivity contribution < 1.29 is 9.53 Å². The second kappa shape index (κ2) is 6.98. The van der Waals surface area contributed by atoms with Crippen molar-refractivity contribution in [2.75, 3.05) is 7.11 Å². The highest BCUT2D eigenvalue weighted by Crippen LogP contribution is 2.44. The number of esters is 1. The fourth-order valence-electron chi connectivity index (χ4n) is 2.89. The second-order valence-electron chi connectivity index (χ2n) is 5.61. The molecule has 0 amide bonds. The molecule has 0 aliphatic heterocycles. The molecule has 3 aromatic carbocycles. The third kappa shape index (κ3) is 2.98. The molecule has 3 heteroatoms. The van der Waals surface area contributed by atoms with Crippen LogP contribution in [0, 0.1) is 0 Å². The lowest BCUT2D eigenvalue weighted by atomic mass is 9.83. The Labute approximate surface area is 144 Å². The van der Waals surface area contributed by atoms with Crippen molar-refractivity contribution in [3.05, 3.63) is 107 Å². The van der Waals surface area contributed by atoms with Crippen molar-refractivity contribution in [1.82, 2.24) is 0 Å². The van der Waals surface area contributed by atoms with Crippen LogP contribution in [0.5, 0.6) is 0 Å². The van der Waals surface area contributed by atoms with Crippen molar-refractivity contribution in [2.24, 2.45) is 0 Å². The van der Waals surface area contributed by atoms with E-state index in [1.807, 2.05) is 60.7 Å². The normalized spacial score (nSPS) is 11.1. The van der Waals surface area contributed by atoms with Crippen molar-refractivity contribution in [3.8, 4) is 0 Å². The summed E-state index contributed by atoms with van der Waals surface area (Å²) in [6.07, 6.45) is 0. The first kappa shape index (κ1) is 16.4. The summed E-state index contributed by atoms with van der Waals surface area (Å²) in [5.74, 6) is -0.324. The smallest absolute Gasteiger partial charge is 0.337 e. The largest absolute Gasteiger partial charge is 0.465 e. The van der Waals surface area contributed by atoms with Gasteiger partial charge in [-0.05, 0) is 28.8 Å². The molecule has 0 saturated heterocycles. The number of benzene rings is 3. The standard InChI is InChI=1S/C21H19O2P/c1-23-20(22)16-12-14-19(15-13-16)21(24,17-8-4-2-5-9-17)18-10-6-3-7-11-18/h2-15H,24H2,1H3. The molecule has 24 heavy (non-hydrogen) atoms. The maximum Gasteiger partial charge on any atom is 0.337 e. The average Bonchev–Trinajstić information content (AvgIpc) is 2.68. The monoisotopic (exact) mass is 334 g/mol. The van der Waals surface area contributed by atoms with Crippen LogP contribution >= 0.6 is 9.24 Å². The lowest BCUT2D eigenvalue weighted by Crippen LogP contribution is -2.21. The van der Waals surface area contributed by atoms with E-state index in [1.54, 1.807) is 0 Å². The minimum atomic E-state index is -0.378. The summed E-state index contributed by atoms with van der Waals surface area (Å²) in [6, 6.07) is 28.3. The van der Waals surface area contributed by atoms with E-state index in [0.717, 1.165) is 5.56 Å². The molecule has 0 saturated carbocycles. The van der Waals surface area contributed by atoms with E-state index >= 15 is 0 Å². The van der Waals surface area contributed by atoms with Crippen molar-refractivity contribution in [2.45, 2.75) is 5.16 Å². The summed E-state index contributed by atoms with van der Waals surface area (Å²) in [4.78, 5) is 11.7. The molecule has 0 bridgehead atoms. The minimum Gasteiger partial charge on any atom is -0.465 e. The van der Waals surface area contributed by atoms with Gasteiger partial charge < -0.3 is 4.74 Å². The Morgan fingerprint density at radius 1 is 0.750 bits per heavy atom. The summed E-state index contributed by atoms with van der Waals surface area (Å²) in [5, 5.41) is -0.378. The van der Waals surface area contributed by atoms with E-state index in [4.69, 9.17) is 4.74 Å². The van der Waals surface area contributed by atoms with E-state index in [0.29, 0.717) is 5.56 Å². The molecular weight excluding hydrogens is 315 g/mol. The summed E-state index contributed by atoms with van der Waals surface area (Å²) in [5.41, 5.74) is 3.99. The number of rotatable bonds is 4. The van der Waals surface area contributed by atoms with Gasteiger partial charge in [-0.1, -0.05) is 72.8 Å². The number of carbonyl (C=O) groups excluding carboxylic acids is 1. The topological polar surface area (TPSA) is 26.3 Å². The van der Waals surface area contributed by atoms with Crippen LogP contribution in [0.15, 0.2) is 84.9 Å². The lowest BCUT2D eigenvalue weighted by Gasteiger charge is -2.31. The number of hydrogen-bond donors (Lipinski definition) is 0. The van der Waals surface area contributed by atoms with E-state index < -0.39 is 0 Å². The zero-order valence-electron chi connectivity index (χ0n) is 13.5. The highest BCUT2D eigenvalue weighted by Gasteiger charge is 2.31. The Balaban J connectivity index is 2.14. The third-order valence-corrected chi connectivity index (χ3v) is 5.22. The fourth-order valence-corrected chi connectivity index (χ4v) is 3.47. The fraction of sp³-hybridized carbons (Fsp3) is 0.0952. The average molecular weight is 334 g/mol. The van der Waals surface area contributed by atoms with E-state index in [1.165, 1.54) is 18.2 Å². The van der Waals surface area contributed by atoms with Crippen LogP contribution in [-0.4, -0.2) is 13.1 Å². The molecule has 0 radical (unpaired) electrons. The van der Waals surface area contributed by atoms with Gasteiger partial charge in [0.1, 0.15) is 0 Å². The second-order valence-corrected chi connectivity index (χ2v) is 6.48. The lowest BCUT2D eigenvalue weighted by molar-refractivity contribution is 0.0600. The van der Waals surface area contributed by atoms with Gasteiger partial charge in [0.05, 0.1) is 17.8 Å². The van der Waals surface area contributed by atoms with Crippen LogP contribution in [0.3, 0.4) is 0 Å². The van der Waals surface area contributed by atoms with Crippen molar-refractivity contribution in [3.63, 3.8) is 0 Å². The summed E-state index contributed by atoms with van der Waals surface area (Å²) in [7, 11) is 4.39. The van der Waals surface area contributed by atoms with E-state index in [2.05, 4.69) is 33.5 Å². The highest BCUT2D eigenvalue weighted by molar-refractivity contribution is 7.19. The predicted molar refractivity (Wildman–Crippen MR) is 100 cm³/mol. The van der Waals surface area contributed by atoms with Gasteiger partial charge in [-0.15, -0.1) is 9.24 Å². The third-order valence-electron chi connectivity index (χ3n) is 4.22. The summed E-state index contributed by atoms with van der Waals surface area (Å²) in [6.45, 7) is 0. The van der Waals surface area contributed by atoms with Crippen LogP contribution in [-0.2, 0) is 9.89 Å². The van der Waals surface area contributed by atoms with Gasteiger partial charge in [0.15, 0.2) is 0 Å². The Bertz CT molecular complexity index is 772. The van der Waals surface area contributed by atoms with Crippen LogP contribution in [0.1, 0.15) is 27.0 Å². The predicted octanol–water partition coefficient (Wildman–Crippen LogP) is 4.64. The van der Waals surface area contributed by atoms with Gasteiger partial charge in [0.2, 0.25) is 0 Å². The van der Waals surface area contributed by atoms with E-state index in [9.17, 15) is 4.79 Å². The van der Waals surface area contributed by atoms with Gasteiger partial charge in [-0.2, -0.15) is 0 Å². The first-order chi connectivity index (χ1) is 11.7. The van der Waals surface area contributed by atoms with Crippen LogP contribution in [0.25, 0.3) is 0 Å². The molecule has 1 unspecified atom stereocenters. The van der Waals surface area contributed by atoms with Gasteiger partial charge in [0.25, 0.3) is 0 Å². The first-order valence-corrected chi connectivity index (χ1v) is 8.33. The number of carbonyl (C=O) groups is 1. The molecule has 1 atom stereocenters. The Kier molecular flexibility index (Phi) is 4.78. The van der Waals surface area contributed by atoms with Crippen molar-refractivity contribution in [1.29, 1.82) is 0 Å². The maximum atomic E-state index is 11.7. The Hall–Kier alpha value is -2.44. The molecule has 0 aromatic heterocycles. The van der Waals surface area contributed by atoms with Crippen LogP contribution in [0.4, 0.5) is 0 Å². The first-order valence-electron chi connectivity index (χ1n) is 7.75. The molecule has 0 spiro atoms. The highest BCUT2D eigenvalue weighted by atomic mass is 31.0. The zero-order chi connectivity index (χ0) is 17.0. The van der Waals surface area contributed by atoms with Gasteiger partial charge >= 0.3 is 5.97 Å². The molecular formula is C21H19O2P. The van der Waals surface area contributed by atoms with Crippen LogP contribution in [0.2, 0.25) is 0 Å². The minimum absolute atomic E-state index is 0.324. The molecule has 0 heterocycles. The molecule has 120 valence electrons. The van der Waals surface area contributed by atoms with E-state index in [-0.39, 0.29) is 11.1 Å². The SMILES string of the molecule is COC(=O)c1ccc(C(P)(c2ccccc2)c2ccccc2)cc1. The van der Waals surface area contributed by atoms with Gasteiger partial charge in [-0.25, -0.2) is 4.79 Å². The molecule has 2 nitrogen and oxygen atoms in total. The molecule has 3 aromatic rings. The Morgan fingerprint density at radius 3 is 1.58 bits per heavy atom. The quantitative estimate of drug-likeness (QED) is 0.395. The summed E-state index contributed by atoms with van der Waals surface area (Å²) >= 11 is 0. The van der Waals surface area contributed by atoms with Crippen molar-refractivity contribution >= 4 is 15.2 Å². The number of methoxy groups -OCH3 is 1. The van der Waals surface area contributed by atoms with Crippen LogP contribution < -0.4 is 0 Å². The molecule has 0 fully saturated rings. The number of hydrogen-bond acceptors (Lipinski definition) is 2. The van der Waals surface area contributed by atoms with Gasteiger partial charge in [-0.3, -0.25) is 0 Å². The molecule has 0 aliphatic carbocycles. The Morgan fingerprint density at radius 2 is 1.17 bits per heavy atom. The van der Waals surface area contributed by atoms with Gasteiger partial charge in [0, 0.05) is 0 Å². The zero-order valence-corrected chi connectivity index (χ0v) is 14.6. The molecule has 3 rings (SSSR count). The number of ether oxygens (including phenoxy) is 1.